The van der Waals surface area contributed by atoms with Crippen molar-refractivity contribution in [1.29, 1.82) is 0 Å². The molecule has 2 rings (SSSR count). The molecule has 0 spiro atoms. The van der Waals surface area contributed by atoms with Crippen LogP contribution >= 0.6 is 11.6 Å². The molecule has 1 aromatic rings. The van der Waals surface area contributed by atoms with E-state index in [4.69, 9.17) is 11.6 Å². The first-order valence-corrected chi connectivity index (χ1v) is 5.05. The Hall–Kier alpha value is -1.09. The van der Waals surface area contributed by atoms with Crippen LogP contribution in [0.3, 0.4) is 0 Å². The van der Waals surface area contributed by atoms with Gasteiger partial charge in [0.05, 0.1) is 0 Å². The quantitative estimate of drug-likeness (QED) is 0.716. The van der Waals surface area contributed by atoms with E-state index < -0.39 is 5.79 Å². The summed E-state index contributed by atoms with van der Waals surface area (Å²) in [5, 5.41) is 19.1. The van der Waals surface area contributed by atoms with Gasteiger partial charge in [-0.1, -0.05) is 48.0 Å². The Kier molecular flexibility index (Phi) is 2.65. The molecule has 3 heteroatoms. The third kappa shape index (κ3) is 2.29. The summed E-state index contributed by atoms with van der Waals surface area (Å²) in [6.45, 7) is 0. The van der Waals surface area contributed by atoms with Crippen LogP contribution in [0.4, 0.5) is 0 Å². The van der Waals surface area contributed by atoms with E-state index in [9.17, 15) is 10.2 Å². The fourth-order valence-corrected chi connectivity index (χ4v) is 1.92. The Morgan fingerprint density at radius 2 is 1.80 bits per heavy atom. The van der Waals surface area contributed by atoms with Gasteiger partial charge in [-0.15, -0.1) is 0 Å². The van der Waals surface area contributed by atoms with Crippen LogP contribution in [0.5, 0.6) is 0 Å². The molecular weight excluding hydrogens is 212 g/mol. The van der Waals surface area contributed by atoms with E-state index in [1.807, 2.05) is 30.3 Å². The van der Waals surface area contributed by atoms with Gasteiger partial charge in [-0.3, -0.25) is 0 Å². The van der Waals surface area contributed by atoms with Gasteiger partial charge in [0.15, 0.2) is 5.79 Å². The fraction of sp³-hybridized carbons (Fsp3) is 0.167. The number of rotatable bonds is 1. The molecule has 0 saturated carbocycles. The van der Waals surface area contributed by atoms with Crippen LogP contribution in [0.1, 0.15) is 12.0 Å². The van der Waals surface area contributed by atoms with Crippen LogP contribution in [0.2, 0.25) is 0 Å². The molecule has 78 valence electrons. The summed E-state index contributed by atoms with van der Waals surface area (Å²) < 4.78 is 0. The standard InChI is InChI=1S/C12H11ClO2/c13-11-8-12(14,15)7-6-10(11)9-4-2-1-3-5-9/h1-6,8,14-15H,7H2. The van der Waals surface area contributed by atoms with Crippen molar-refractivity contribution in [3.8, 4) is 0 Å². The number of allylic oxidation sites excluding steroid dienone is 2. The van der Waals surface area contributed by atoms with Crippen LogP contribution in [0.25, 0.3) is 5.57 Å². The molecule has 0 saturated heterocycles. The van der Waals surface area contributed by atoms with Crippen molar-refractivity contribution in [1.82, 2.24) is 0 Å². The van der Waals surface area contributed by atoms with Crippen molar-refractivity contribution in [3.63, 3.8) is 0 Å². The molecule has 0 radical (unpaired) electrons. The molecule has 2 N–H and O–H groups in total. The first-order valence-electron chi connectivity index (χ1n) is 4.67. The van der Waals surface area contributed by atoms with E-state index in [2.05, 4.69) is 0 Å². The monoisotopic (exact) mass is 222 g/mol. The summed E-state index contributed by atoms with van der Waals surface area (Å²) in [7, 11) is 0. The molecule has 0 heterocycles. The molecule has 0 aliphatic heterocycles. The summed E-state index contributed by atoms with van der Waals surface area (Å²) in [5.74, 6) is -1.81. The van der Waals surface area contributed by atoms with Gasteiger partial charge in [0, 0.05) is 11.5 Å². The second kappa shape index (κ2) is 3.81. The molecule has 0 unspecified atom stereocenters. The molecule has 0 aromatic heterocycles. The smallest absolute Gasteiger partial charge is 0.187 e. The lowest BCUT2D eigenvalue weighted by molar-refractivity contribution is -0.115. The van der Waals surface area contributed by atoms with Crippen LogP contribution in [0, 0.1) is 0 Å². The topological polar surface area (TPSA) is 40.5 Å². The highest BCUT2D eigenvalue weighted by molar-refractivity contribution is 6.37. The van der Waals surface area contributed by atoms with Gasteiger partial charge in [0.1, 0.15) is 0 Å². The number of halogens is 1. The maximum atomic E-state index is 9.36. The molecular formula is C12H11ClO2. The predicted octanol–water partition coefficient (Wildman–Crippen LogP) is 2.28. The van der Waals surface area contributed by atoms with Crippen molar-refractivity contribution in [3.05, 3.63) is 53.1 Å². The van der Waals surface area contributed by atoms with E-state index in [1.165, 1.54) is 6.08 Å². The minimum Gasteiger partial charge on any atom is -0.362 e. The van der Waals surface area contributed by atoms with Gasteiger partial charge in [-0.25, -0.2) is 0 Å². The van der Waals surface area contributed by atoms with Crippen molar-refractivity contribution < 1.29 is 10.2 Å². The molecule has 1 aliphatic rings. The van der Waals surface area contributed by atoms with Crippen molar-refractivity contribution in [2.45, 2.75) is 12.2 Å². The second-order valence-electron chi connectivity index (χ2n) is 3.56. The Morgan fingerprint density at radius 1 is 1.13 bits per heavy atom. The van der Waals surface area contributed by atoms with E-state index in [0.717, 1.165) is 11.1 Å². The predicted molar refractivity (Wildman–Crippen MR) is 60.1 cm³/mol. The molecule has 0 bridgehead atoms. The number of hydrogen-bond acceptors (Lipinski definition) is 2. The molecule has 0 fully saturated rings. The van der Waals surface area contributed by atoms with Crippen LogP contribution in [-0.2, 0) is 0 Å². The average molecular weight is 223 g/mol. The summed E-state index contributed by atoms with van der Waals surface area (Å²) in [6, 6.07) is 9.63. The van der Waals surface area contributed by atoms with Gasteiger partial charge in [0.2, 0.25) is 0 Å². The number of benzene rings is 1. The Balaban J connectivity index is 2.35. The molecule has 0 atom stereocenters. The largest absolute Gasteiger partial charge is 0.362 e. The first-order chi connectivity index (χ1) is 7.08. The highest BCUT2D eigenvalue weighted by atomic mass is 35.5. The van der Waals surface area contributed by atoms with E-state index in [1.54, 1.807) is 6.08 Å². The zero-order valence-corrected chi connectivity index (χ0v) is 8.78. The third-order valence-corrected chi connectivity index (χ3v) is 2.62. The molecule has 0 amide bonds. The first kappa shape index (κ1) is 10.4. The normalized spacial score (nSPS) is 19.4. The SMILES string of the molecule is OC1(O)C=C(Cl)C(c2ccccc2)=CC1. The van der Waals surface area contributed by atoms with Gasteiger partial charge in [-0.05, 0) is 17.2 Å². The second-order valence-corrected chi connectivity index (χ2v) is 3.97. The summed E-state index contributed by atoms with van der Waals surface area (Å²) in [4.78, 5) is 0. The Labute approximate surface area is 93.1 Å². The van der Waals surface area contributed by atoms with E-state index in [0.29, 0.717) is 5.03 Å². The zero-order chi connectivity index (χ0) is 10.9. The van der Waals surface area contributed by atoms with Crippen LogP contribution in [0.15, 0.2) is 47.5 Å². The molecule has 2 nitrogen and oxygen atoms in total. The Bertz CT molecular complexity index is 419. The zero-order valence-electron chi connectivity index (χ0n) is 8.02. The van der Waals surface area contributed by atoms with Crippen LogP contribution < -0.4 is 0 Å². The lowest BCUT2D eigenvalue weighted by Crippen LogP contribution is -2.26. The number of hydrogen-bond donors (Lipinski definition) is 2. The molecule has 1 aromatic carbocycles. The lowest BCUT2D eigenvalue weighted by Gasteiger charge is -2.22. The van der Waals surface area contributed by atoms with Gasteiger partial charge < -0.3 is 10.2 Å². The summed E-state index contributed by atoms with van der Waals surface area (Å²) in [6.07, 6.45) is 3.15. The van der Waals surface area contributed by atoms with E-state index in [-0.39, 0.29) is 6.42 Å². The summed E-state index contributed by atoms with van der Waals surface area (Å²) >= 11 is 5.97. The van der Waals surface area contributed by atoms with E-state index >= 15 is 0 Å². The van der Waals surface area contributed by atoms with Gasteiger partial charge >= 0.3 is 0 Å². The molecule has 15 heavy (non-hydrogen) atoms. The maximum absolute atomic E-state index is 9.36. The van der Waals surface area contributed by atoms with Gasteiger partial charge in [0.25, 0.3) is 0 Å². The average Bonchev–Trinajstić information content (AvgIpc) is 2.17. The highest BCUT2D eigenvalue weighted by Crippen LogP contribution is 2.33. The number of aliphatic hydroxyl groups is 2. The lowest BCUT2D eigenvalue weighted by atomic mass is 9.96. The third-order valence-electron chi connectivity index (χ3n) is 2.31. The van der Waals surface area contributed by atoms with Crippen molar-refractivity contribution >= 4 is 17.2 Å². The minimum atomic E-state index is -1.81. The summed E-state index contributed by atoms with van der Waals surface area (Å²) in [5.41, 5.74) is 1.82. The minimum absolute atomic E-state index is 0.160. The van der Waals surface area contributed by atoms with Crippen LogP contribution in [-0.4, -0.2) is 16.0 Å². The maximum Gasteiger partial charge on any atom is 0.187 e. The van der Waals surface area contributed by atoms with Gasteiger partial charge in [-0.2, -0.15) is 0 Å². The fourth-order valence-electron chi connectivity index (χ4n) is 1.56. The molecule has 1 aliphatic carbocycles. The van der Waals surface area contributed by atoms with Crippen molar-refractivity contribution in [2.75, 3.05) is 0 Å². The highest BCUT2D eigenvalue weighted by Gasteiger charge is 2.25. The Morgan fingerprint density at radius 3 is 2.40 bits per heavy atom. The van der Waals surface area contributed by atoms with Crippen molar-refractivity contribution in [2.24, 2.45) is 0 Å².